The van der Waals surface area contributed by atoms with Gasteiger partial charge in [0.2, 0.25) is 0 Å². The summed E-state index contributed by atoms with van der Waals surface area (Å²) in [6, 6.07) is 6.33. The van der Waals surface area contributed by atoms with Crippen LogP contribution in [0.5, 0.6) is 0 Å². The van der Waals surface area contributed by atoms with E-state index in [0.717, 1.165) is 27.9 Å². The van der Waals surface area contributed by atoms with Crippen LogP contribution in [0.25, 0.3) is 11.0 Å². The highest BCUT2D eigenvalue weighted by atomic mass is 32.2. The van der Waals surface area contributed by atoms with Crippen LogP contribution in [0, 0.1) is 12.8 Å². The number of hydrogen-bond donors (Lipinski definition) is 1. The summed E-state index contributed by atoms with van der Waals surface area (Å²) in [5, 5.41) is 1.04. The third-order valence-corrected chi connectivity index (χ3v) is 4.02. The lowest BCUT2D eigenvalue weighted by atomic mass is 10.2. The second-order valence-corrected chi connectivity index (χ2v) is 5.40. The summed E-state index contributed by atoms with van der Waals surface area (Å²) in [6.07, 6.45) is 1.23. The van der Waals surface area contributed by atoms with Crippen LogP contribution in [-0.4, -0.2) is 15.7 Å². The maximum absolute atomic E-state index is 4.57. The molecule has 1 heterocycles. The van der Waals surface area contributed by atoms with Gasteiger partial charge in [0.15, 0.2) is 5.16 Å². The molecule has 0 saturated heterocycles. The van der Waals surface area contributed by atoms with Crippen LogP contribution < -0.4 is 0 Å². The molecule has 1 aromatic heterocycles. The van der Waals surface area contributed by atoms with Crippen molar-refractivity contribution in [3.05, 3.63) is 23.8 Å². The van der Waals surface area contributed by atoms with E-state index in [0.29, 0.717) is 0 Å². The number of aryl methyl sites for hydroxylation is 1. The molecule has 3 heteroatoms. The maximum Gasteiger partial charge on any atom is 0.166 e. The number of nitrogens with one attached hydrogen (secondary N) is 1. The normalized spacial score (nSPS) is 13.2. The molecular formula is C13H18N2S. The highest BCUT2D eigenvalue weighted by Gasteiger charge is 2.05. The number of thioether (sulfide) groups is 1. The van der Waals surface area contributed by atoms with Crippen molar-refractivity contribution < 1.29 is 0 Å². The Bertz CT molecular complexity index is 476. The van der Waals surface area contributed by atoms with E-state index in [1.54, 1.807) is 0 Å². The fourth-order valence-corrected chi connectivity index (χ4v) is 2.53. The molecule has 0 spiro atoms. The van der Waals surface area contributed by atoms with Crippen molar-refractivity contribution >= 4 is 22.8 Å². The van der Waals surface area contributed by atoms with E-state index in [1.807, 2.05) is 11.8 Å². The van der Waals surface area contributed by atoms with Gasteiger partial charge in [0.1, 0.15) is 0 Å². The SMILES string of the molecule is CC[C@@H](C)CSc1nc2ccc(C)cc2[nH]1. The highest BCUT2D eigenvalue weighted by molar-refractivity contribution is 7.99. The minimum atomic E-state index is 0.750. The summed E-state index contributed by atoms with van der Waals surface area (Å²) in [4.78, 5) is 7.94. The number of imidazole rings is 1. The Hall–Kier alpha value is -0.960. The fourth-order valence-electron chi connectivity index (χ4n) is 1.51. The average molecular weight is 234 g/mol. The molecule has 0 aliphatic carbocycles. The zero-order chi connectivity index (χ0) is 11.5. The summed E-state index contributed by atoms with van der Waals surface area (Å²) >= 11 is 1.82. The standard InChI is InChI=1S/C13H18N2S/c1-4-9(2)8-16-13-14-11-6-5-10(3)7-12(11)15-13/h5-7,9H,4,8H2,1-3H3,(H,14,15)/t9-/m1/s1. The Morgan fingerprint density at radius 3 is 3.00 bits per heavy atom. The molecule has 16 heavy (non-hydrogen) atoms. The smallest absolute Gasteiger partial charge is 0.166 e. The monoisotopic (exact) mass is 234 g/mol. The molecule has 0 bridgehead atoms. The van der Waals surface area contributed by atoms with Crippen molar-refractivity contribution in [3.8, 4) is 0 Å². The number of fused-ring (bicyclic) bond motifs is 1. The molecule has 2 nitrogen and oxygen atoms in total. The van der Waals surface area contributed by atoms with Crippen LogP contribution >= 0.6 is 11.8 Å². The first-order chi connectivity index (χ1) is 7.69. The van der Waals surface area contributed by atoms with E-state index in [-0.39, 0.29) is 0 Å². The number of benzene rings is 1. The van der Waals surface area contributed by atoms with Gasteiger partial charge in [-0.1, -0.05) is 38.1 Å². The van der Waals surface area contributed by atoms with Crippen molar-refractivity contribution in [2.75, 3.05) is 5.75 Å². The molecular weight excluding hydrogens is 216 g/mol. The third-order valence-electron chi connectivity index (χ3n) is 2.82. The predicted octanol–water partition coefficient (Wildman–Crippen LogP) is 4.01. The van der Waals surface area contributed by atoms with Gasteiger partial charge in [-0.05, 0) is 30.5 Å². The molecule has 1 aromatic carbocycles. The van der Waals surface area contributed by atoms with Gasteiger partial charge in [0.05, 0.1) is 11.0 Å². The first-order valence-electron chi connectivity index (χ1n) is 5.78. The fraction of sp³-hybridized carbons (Fsp3) is 0.462. The summed E-state index contributed by atoms with van der Waals surface area (Å²) in [7, 11) is 0. The zero-order valence-corrected chi connectivity index (χ0v) is 10.9. The molecule has 2 aromatic rings. The minimum Gasteiger partial charge on any atom is -0.333 e. The van der Waals surface area contributed by atoms with Gasteiger partial charge in [-0.2, -0.15) is 0 Å². The quantitative estimate of drug-likeness (QED) is 0.810. The lowest BCUT2D eigenvalue weighted by Crippen LogP contribution is -1.95. The molecule has 2 rings (SSSR count). The number of H-pyrrole nitrogens is 1. The Balaban J connectivity index is 2.13. The predicted molar refractivity (Wildman–Crippen MR) is 71.0 cm³/mol. The van der Waals surface area contributed by atoms with Crippen LogP contribution in [0.4, 0.5) is 0 Å². The second-order valence-electron chi connectivity index (χ2n) is 4.39. The number of hydrogen-bond acceptors (Lipinski definition) is 2. The van der Waals surface area contributed by atoms with Gasteiger partial charge < -0.3 is 4.98 Å². The number of aromatic amines is 1. The van der Waals surface area contributed by atoms with Gasteiger partial charge in [-0.25, -0.2) is 4.98 Å². The first kappa shape index (κ1) is 11.5. The molecule has 0 aliphatic rings. The number of nitrogens with zero attached hydrogens (tertiary/aromatic N) is 1. The van der Waals surface area contributed by atoms with Crippen molar-refractivity contribution in [2.45, 2.75) is 32.3 Å². The van der Waals surface area contributed by atoms with E-state index < -0.39 is 0 Å². The summed E-state index contributed by atoms with van der Waals surface area (Å²) < 4.78 is 0. The van der Waals surface area contributed by atoms with Gasteiger partial charge in [-0.15, -0.1) is 0 Å². The number of rotatable bonds is 4. The molecule has 86 valence electrons. The third kappa shape index (κ3) is 2.59. The largest absolute Gasteiger partial charge is 0.333 e. The first-order valence-corrected chi connectivity index (χ1v) is 6.76. The molecule has 1 N–H and O–H groups in total. The van der Waals surface area contributed by atoms with E-state index in [1.165, 1.54) is 12.0 Å². The molecule has 0 amide bonds. The molecule has 0 radical (unpaired) electrons. The molecule has 0 aliphatic heterocycles. The molecule has 0 saturated carbocycles. The van der Waals surface area contributed by atoms with Gasteiger partial charge in [-0.3, -0.25) is 0 Å². The van der Waals surface area contributed by atoms with Crippen molar-refractivity contribution in [2.24, 2.45) is 5.92 Å². The molecule has 0 unspecified atom stereocenters. The maximum atomic E-state index is 4.57. The van der Waals surface area contributed by atoms with Crippen molar-refractivity contribution in [3.63, 3.8) is 0 Å². The molecule has 1 atom stereocenters. The van der Waals surface area contributed by atoms with E-state index in [9.17, 15) is 0 Å². The van der Waals surface area contributed by atoms with Crippen LogP contribution in [0.15, 0.2) is 23.4 Å². The van der Waals surface area contributed by atoms with E-state index in [2.05, 4.69) is 48.9 Å². The van der Waals surface area contributed by atoms with Gasteiger partial charge in [0.25, 0.3) is 0 Å². The second kappa shape index (κ2) is 4.91. The summed E-state index contributed by atoms with van der Waals surface area (Å²) in [6.45, 7) is 6.61. The lowest BCUT2D eigenvalue weighted by Gasteiger charge is -2.04. The van der Waals surface area contributed by atoms with Crippen LogP contribution in [0.3, 0.4) is 0 Å². The van der Waals surface area contributed by atoms with E-state index >= 15 is 0 Å². The Morgan fingerprint density at radius 2 is 2.25 bits per heavy atom. The highest BCUT2D eigenvalue weighted by Crippen LogP contribution is 2.22. The van der Waals surface area contributed by atoms with Crippen LogP contribution in [0.2, 0.25) is 0 Å². The summed E-state index contributed by atoms with van der Waals surface area (Å²) in [5.74, 6) is 1.88. The van der Waals surface area contributed by atoms with E-state index in [4.69, 9.17) is 0 Å². The number of aromatic nitrogens is 2. The van der Waals surface area contributed by atoms with Crippen molar-refractivity contribution in [1.82, 2.24) is 9.97 Å². The van der Waals surface area contributed by atoms with Crippen LogP contribution in [-0.2, 0) is 0 Å². The zero-order valence-electron chi connectivity index (χ0n) is 10.1. The topological polar surface area (TPSA) is 28.7 Å². The average Bonchev–Trinajstić information content (AvgIpc) is 2.67. The molecule has 0 fully saturated rings. The van der Waals surface area contributed by atoms with Gasteiger partial charge >= 0.3 is 0 Å². The summed E-state index contributed by atoms with van der Waals surface area (Å²) in [5.41, 5.74) is 3.48. The minimum absolute atomic E-state index is 0.750. The lowest BCUT2D eigenvalue weighted by molar-refractivity contribution is 0.636. The Labute approximate surface area is 101 Å². The Morgan fingerprint density at radius 1 is 1.44 bits per heavy atom. The van der Waals surface area contributed by atoms with Crippen LogP contribution in [0.1, 0.15) is 25.8 Å². The van der Waals surface area contributed by atoms with Crippen molar-refractivity contribution in [1.29, 1.82) is 0 Å². The van der Waals surface area contributed by atoms with Gasteiger partial charge in [0, 0.05) is 5.75 Å². The Kier molecular flexibility index (Phi) is 3.54.